The summed E-state index contributed by atoms with van der Waals surface area (Å²) in [5.74, 6) is -2.17. The fourth-order valence-corrected chi connectivity index (χ4v) is 3.20. The van der Waals surface area contributed by atoms with Gasteiger partial charge in [0.25, 0.3) is 0 Å². The van der Waals surface area contributed by atoms with E-state index in [4.69, 9.17) is 9.47 Å². The number of carbonyl (C=O) groups is 3. The molecule has 0 aromatic heterocycles. The minimum Gasteiger partial charge on any atom is -0.461 e. The van der Waals surface area contributed by atoms with Gasteiger partial charge in [-0.15, -0.1) is 0 Å². The van der Waals surface area contributed by atoms with Crippen molar-refractivity contribution in [1.29, 1.82) is 0 Å². The molecule has 0 aliphatic heterocycles. The Morgan fingerprint density at radius 3 is 2.03 bits per heavy atom. The number of Topliss-reactive ketones (excluding diaryl/α,β-unsaturated/α-hetero) is 1. The van der Waals surface area contributed by atoms with Crippen molar-refractivity contribution in [2.45, 2.75) is 58.5 Å². The van der Waals surface area contributed by atoms with Crippen molar-refractivity contribution in [1.82, 2.24) is 5.32 Å². The number of ether oxygens (including phenoxy) is 3. The molecule has 0 spiro atoms. The summed E-state index contributed by atoms with van der Waals surface area (Å²) < 4.78 is 40.1. The third-order valence-corrected chi connectivity index (χ3v) is 4.80. The largest absolute Gasteiger partial charge is 0.461 e. The summed E-state index contributed by atoms with van der Waals surface area (Å²) in [5, 5.41) is 2.27. The number of amides is 1. The molecule has 0 heterocycles. The Bertz CT molecular complexity index is 947. The Hall–Kier alpha value is -3.33. The molecule has 0 saturated heterocycles. The number of alkyl halides is 2. The SMILES string of the molecule is CC(C)(C)OC(=O)N[C@@H](COC(F)F)C(=O)C[C@@H](Cc1ccccc1)C(=O)OCc1ccccc1. The summed E-state index contributed by atoms with van der Waals surface area (Å²) in [4.78, 5) is 38.1. The summed E-state index contributed by atoms with van der Waals surface area (Å²) in [6, 6.07) is 16.6. The molecule has 0 fully saturated rings. The zero-order chi connectivity index (χ0) is 25.8. The zero-order valence-corrected chi connectivity index (χ0v) is 20.0. The third kappa shape index (κ3) is 11.1. The minimum absolute atomic E-state index is 0.0211. The molecule has 35 heavy (non-hydrogen) atoms. The average molecular weight is 492 g/mol. The van der Waals surface area contributed by atoms with Crippen molar-refractivity contribution in [3.8, 4) is 0 Å². The average Bonchev–Trinajstić information content (AvgIpc) is 2.79. The second-order valence-corrected chi connectivity index (χ2v) is 8.94. The molecule has 7 nitrogen and oxygen atoms in total. The van der Waals surface area contributed by atoms with Crippen LogP contribution in [-0.4, -0.2) is 42.7 Å². The number of carbonyl (C=O) groups excluding carboxylic acids is 3. The Morgan fingerprint density at radius 2 is 1.49 bits per heavy atom. The third-order valence-electron chi connectivity index (χ3n) is 4.80. The van der Waals surface area contributed by atoms with Crippen LogP contribution in [0.3, 0.4) is 0 Å². The van der Waals surface area contributed by atoms with Gasteiger partial charge in [0.15, 0.2) is 5.78 Å². The molecule has 0 aliphatic carbocycles. The zero-order valence-electron chi connectivity index (χ0n) is 20.0. The molecular formula is C26H31F2NO6. The van der Waals surface area contributed by atoms with Crippen LogP contribution >= 0.6 is 0 Å². The number of hydrogen-bond acceptors (Lipinski definition) is 6. The van der Waals surface area contributed by atoms with Gasteiger partial charge in [-0.3, -0.25) is 9.59 Å². The van der Waals surface area contributed by atoms with Gasteiger partial charge < -0.3 is 19.5 Å². The standard InChI is InChI=1S/C26H31F2NO6/c1-26(2,3)35-25(32)29-21(17-34-24(27)28)22(30)15-20(14-18-10-6-4-7-11-18)23(31)33-16-19-12-8-5-9-13-19/h4-13,20-21,24H,14-17H2,1-3H3,(H,29,32)/t20-,21+/m1/s1. The van der Waals surface area contributed by atoms with E-state index in [0.29, 0.717) is 0 Å². The number of benzene rings is 2. The molecule has 190 valence electrons. The van der Waals surface area contributed by atoms with E-state index in [1.165, 1.54) is 0 Å². The smallest absolute Gasteiger partial charge is 0.408 e. The van der Waals surface area contributed by atoms with Crippen LogP contribution in [-0.2, 0) is 36.8 Å². The molecule has 9 heteroatoms. The van der Waals surface area contributed by atoms with Gasteiger partial charge in [0.2, 0.25) is 0 Å². The Labute approximate surface area is 203 Å². The second kappa shape index (κ2) is 13.5. The van der Waals surface area contributed by atoms with Gasteiger partial charge in [0, 0.05) is 6.42 Å². The first-order valence-electron chi connectivity index (χ1n) is 11.2. The molecule has 0 saturated carbocycles. The number of nitrogens with one attached hydrogen (secondary N) is 1. The van der Waals surface area contributed by atoms with E-state index >= 15 is 0 Å². The molecule has 2 aromatic carbocycles. The van der Waals surface area contributed by atoms with Gasteiger partial charge in [-0.1, -0.05) is 60.7 Å². The van der Waals surface area contributed by atoms with E-state index < -0.39 is 48.6 Å². The van der Waals surface area contributed by atoms with Gasteiger partial charge in [-0.2, -0.15) is 8.78 Å². The molecule has 1 N–H and O–H groups in total. The number of hydrogen-bond donors (Lipinski definition) is 1. The first-order valence-corrected chi connectivity index (χ1v) is 11.2. The molecule has 0 unspecified atom stereocenters. The van der Waals surface area contributed by atoms with Crippen molar-refractivity contribution >= 4 is 17.8 Å². The second-order valence-electron chi connectivity index (χ2n) is 8.94. The van der Waals surface area contributed by atoms with Crippen molar-refractivity contribution < 1.29 is 37.4 Å². The number of ketones is 1. The van der Waals surface area contributed by atoms with Crippen LogP contribution in [0.1, 0.15) is 38.3 Å². The predicted molar refractivity (Wildman–Crippen MR) is 125 cm³/mol. The highest BCUT2D eigenvalue weighted by Crippen LogP contribution is 2.18. The van der Waals surface area contributed by atoms with Crippen LogP contribution in [0, 0.1) is 5.92 Å². The van der Waals surface area contributed by atoms with Gasteiger partial charge >= 0.3 is 18.7 Å². The topological polar surface area (TPSA) is 90.9 Å². The first-order chi connectivity index (χ1) is 16.5. The summed E-state index contributed by atoms with van der Waals surface area (Å²) in [6.07, 6.45) is -1.12. The van der Waals surface area contributed by atoms with Gasteiger partial charge in [0.05, 0.1) is 12.5 Å². The molecular weight excluding hydrogens is 460 g/mol. The van der Waals surface area contributed by atoms with Gasteiger partial charge in [-0.25, -0.2) is 4.79 Å². The number of esters is 1. The van der Waals surface area contributed by atoms with Crippen LogP contribution in [0.5, 0.6) is 0 Å². The van der Waals surface area contributed by atoms with E-state index in [-0.39, 0.29) is 19.4 Å². The highest BCUT2D eigenvalue weighted by Gasteiger charge is 2.31. The lowest BCUT2D eigenvalue weighted by Crippen LogP contribution is -2.47. The van der Waals surface area contributed by atoms with E-state index in [2.05, 4.69) is 10.1 Å². The molecule has 0 bridgehead atoms. The highest BCUT2D eigenvalue weighted by molar-refractivity contribution is 5.90. The van der Waals surface area contributed by atoms with Crippen LogP contribution in [0.2, 0.25) is 0 Å². The maximum atomic E-state index is 13.0. The maximum Gasteiger partial charge on any atom is 0.408 e. The Kier molecular flexibility index (Phi) is 10.8. The fraction of sp³-hybridized carbons (Fsp3) is 0.423. The molecule has 0 aliphatic rings. The van der Waals surface area contributed by atoms with Crippen LogP contribution in [0.15, 0.2) is 60.7 Å². The monoisotopic (exact) mass is 491 g/mol. The predicted octanol–water partition coefficient (Wildman–Crippen LogP) is 4.68. The molecule has 2 atom stereocenters. The van der Waals surface area contributed by atoms with Gasteiger partial charge in [-0.05, 0) is 38.3 Å². The summed E-state index contributed by atoms with van der Waals surface area (Å²) in [6.45, 7) is 0.981. The lowest BCUT2D eigenvalue weighted by Gasteiger charge is -2.24. The van der Waals surface area contributed by atoms with Crippen molar-refractivity contribution in [3.63, 3.8) is 0 Å². The first kappa shape index (κ1) is 27.9. The maximum absolute atomic E-state index is 13.0. The Morgan fingerprint density at radius 1 is 0.914 bits per heavy atom. The van der Waals surface area contributed by atoms with E-state index in [1.807, 2.05) is 24.3 Å². The molecule has 2 aromatic rings. The minimum atomic E-state index is -3.14. The van der Waals surface area contributed by atoms with E-state index in [1.54, 1.807) is 57.2 Å². The highest BCUT2D eigenvalue weighted by atomic mass is 19.3. The van der Waals surface area contributed by atoms with Crippen LogP contribution < -0.4 is 5.32 Å². The summed E-state index contributed by atoms with van der Waals surface area (Å²) >= 11 is 0. The van der Waals surface area contributed by atoms with E-state index in [9.17, 15) is 23.2 Å². The number of alkyl carbamates (subject to hydrolysis) is 1. The molecule has 0 radical (unpaired) electrons. The number of halogens is 2. The lowest BCUT2D eigenvalue weighted by atomic mass is 9.92. The van der Waals surface area contributed by atoms with Crippen molar-refractivity contribution in [2.24, 2.45) is 5.92 Å². The summed E-state index contributed by atoms with van der Waals surface area (Å²) in [5.41, 5.74) is 0.709. The fourth-order valence-electron chi connectivity index (χ4n) is 3.20. The van der Waals surface area contributed by atoms with Gasteiger partial charge in [0.1, 0.15) is 18.2 Å². The van der Waals surface area contributed by atoms with E-state index in [0.717, 1.165) is 11.1 Å². The molecule has 1 amide bonds. The van der Waals surface area contributed by atoms with Crippen LogP contribution in [0.4, 0.5) is 13.6 Å². The lowest BCUT2D eigenvalue weighted by molar-refractivity contribution is -0.153. The number of rotatable bonds is 12. The normalized spacial score (nSPS) is 13.1. The van der Waals surface area contributed by atoms with Crippen molar-refractivity contribution in [2.75, 3.05) is 6.61 Å². The Balaban J connectivity index is 2.14. The van der Waals surface area contributed by atoms with Crippen LogP contribution in [0.25, 0.3) is 0 Å². The van der Waals surface area contributed by atoms with Crippen molar-refractivity contribution in [3.05, 3.63) is 71.8 Å². The quantitative estimate of drug-likeness (QED) is 0.434. The summed E-state index contributed by atoms with van der Waals surface area (Å²) in [7, 11) is 0. The molecule has 2 rings (SSSR count).